The van der Waals surface area contributed by atoms with Gasteiger partial charge in [0.2, 0.25) is 5.91 Å². The minimum atomic E-state index is -0.131. The molecule has 2 rings (SSSR count). The van der Waals surface area contributed by atoms with Crippen LogP contribution >= 0.6 is 12.2 Å². The highest BCUT2D eigenvalue weighted by Gasteiger charge is 2.15. The molecule has 0 spiro atoms. The van der Waals surface area contributed by atoms with Crippen molar-refractivity contribution in [3.05, 3.63) is 24.0 Å². The Bertz CT molecular complexity index is 469. The highest BCUT2D eigenvalue weighted by Crippen LogP contribution is 2.10. The second kappa shape index (κ2) is 7.25. The lowest BCUT2D eigenvalue weighted by atomic mass is 10.2. The zero-order valence-electron chi connectivity index (χ0n) is 11.5. The van der Waals surface area contributed by atoms with Crippen LogP contribution in [0.1, 0.15) is 18.5 Å². The van der Waals surface area contributed by atoms with Crippen LogP contribution in [0, 0.1) is 0 Å². The van der Waals surface area contributed by atoms with Gasteiger partial charge in [-0.2, -0.15) is 0 Å². The molecule has 1 atom stereocenters. The number of hydrogen-bond acceptors (Lipinski definition) is 3. The zero-order valence-corrected chi connectivity index (χ0v) is 12.3. The van der Waals surface area contributed by atoms with E-state index in [2.05, 4.69) is 16.2 Å². The first-order chi connectivity index (χ1) is 9.65. The molecule has 2 heterocycles. The summed E-state index contributed by atoms with van der Waals surface area (Å²) in [5, 5.41) is 3.43. The van der Waals surface area contributed by atoms with E-state index in [9.17, 15) is 4.79 Å². The second-order valence-corrected chi connectivity index (χ2v) is 5.21. The molecule has 0 aliphatic carbocycles. The summed E-state index contributed by atoms with van der Waals surface area (Å²) in [5.74, 6) is -0.131. The Morgan fingerprint density at radius 2 is 2.40 bits per heavy atom. The Morgan fingerprint density at radius 1 is 1.55 bits per heavy atom. The predicted molar refractivity (Wildman–Crippen MR) is 80.0 cm³/mol. The SMILES string of the molecule is Cn1cccc1CC(=O)NNC(=S)NCC1CCCO1. The molecule has 0 radical (unpaired) electrons. The molecule has 1 fully saturated rings. The van der Waals surface area contributed by atoms with E-state index >= 15 is 0 Å². The molecule has 6 nitrogen and oxygen atoms in total. The highest BCUT2D eigenvalue weighted by atomic mass is 32.1. The summed E-state index contributed by atoms with van der Waals surface area (Å²) in [6.07, 6.45) is 4.58. The standard InChI is InChI=1S/C13H20N4O2S/c1-17-6-2-4-10(17)8-12(18)15-16-13(20)14-9-11-5-3-7-19-11/h2,4,6,11H,3,5,7-9H2,1H3,(H,15,18)(H2,14,16,20). The van der Waals surface area contributed by atoms with Gasteiger partial charge in [0, 0.05) is 32.1 Å². The summed E-state index contributed by atoms with van der Waals surface area (Å²) in [6, 6.07) is 3.82. The van der Waals surface area contributed by atoms with Crippen molar-refractivity contribution in [3.63, 3.8) is 0 Å². The van der Waals surface area contributed by atoms with Gasteiger partial charge >= 0.3 is 0 Å². The van der Waals surface area contributed by atoms with Gasteiger partial charge in [0.25, 0.3) is 0 Å². The largest absolute Gasteiger partial charge is 0.376 e. The van der Waals surface area contributed by atoms with Crippen molar-refractivity contribution in [2.45, 2.75) is 25.4 Å². The van der Waals surface area contributed by atoms with Crippen LogP contribution in [0.4, 0.5) is 0 Å². The van der Waals surface area contributed by atoms with Crippen LogP contribution in [0.25, 0.3) is 0 Å². The van der Waals surface area contributed by atoms with Gasteiger partial charge in [0.1, 0.15) is 0 Å². The Hall–Kier alpha value is -1.60. The van der Waals surface area contributed by atoms with Crippen molar-refractivity contribution < 1.29 is 9.53 Å². The Morgan fingerprint density at radius 3 is 3.05 bits per heavy atom. The number of thiocarbonyl (C=S) groups is 1. The Labute approximate surface area is 123 Å². The van der Waals surface area contributed by atoms with Gasteiger partial charge in [-0.15, -0.1) is 0 Å². The first kappa shape index (κ1) is 14.8. The number of carbonyl (C=O) groups excluding carboxylic acids is 1. The Kier molecular flexibility index (Phi) is 5.37. The predicted octanol–water partition coefficient (Wildman–Crippen LogP) is 0.242. The summed E-state index contributed by atoms with van der Waals surface area (Å²) < 4.78 is 7.38. The van der Waals surface area contributed by atoms with E-state index in [0.717, 1.165) is 25.1 Å². The zero-order chi connectivity index (χ0) is 14.4. The minimum Gasteiger partial charge on any atom is -0.376 e. The third kappa shape index (κ3) is 4.50. The fourth-order valence-corrected chi connectivity index (χ4v) is 2.21. The van der Waals surface area contributed by atoms with Gasteiger partial charge < -0.3 is 14.6 Å². The smallest absolute Gasteiger partial charge is 0.244 e. The molecule has 20 heavy (non-hydrogen) atoms. The molecule has 3 N–H and O–H groups in total. The van der Waals surface area contributed by atoms with Gasteiger partial charge in [-0.3, -0.25) is 15.6 Å². The van der Waals surface area contributed by atoms with Crippen LogP contribution in [0.5, 0.6) is 0 Å². The molecule has 1 aromatic heterocycles. The lowest BCUT2D eigenvalue weighted by Crippen LogP contribution is -2.48. The van der Waals surface area contributed by atoms with Crippen molar-refractivity contribution in [3.8, 4) is 0 Å². The highest BCUT2D eigenvalue weighted by molar-refractivity contribution is 7.80. The number of rotatable bonds is 4. The molecule has 1 unspecified atom stereocenters. The van der Waals surface area contributed by atoms with Crippen LogP contribution < -0.4 is 16.2 Å². The summed E-state index contributed by atoms with van der Waals surface area (Å²) in [6.45, 7) is 1.49. The molecule has 1 aromatic rings. The van der Waals surface area contributed by atoms with Crippen LogP contribution in [-0.2, 0) is 23.0 Å². The maximum Gasteiger partial charge on any atom is 0.244 e. The van der Waals surface area contributed by atoms with E-state index in [-0.39, 0.29) is 12.0 Å². The monoisotopic (exact) mass is 296 g/mol. The van der Waals surface area contributed by atoms with Gasteiger partial charge in [-0.05, 0) is 37.2 Å². The lowest BCUT2D eigenvalue weighted by molar-refractivity contribution is -0.121. The molecule has 0 aromatic carbocycles. The number of hydrazine groups is 1. The third-order valence-electron chi connectivity index (χ3n) is 3.22. The maximum absolute atomic E-state index is 11.7. The number of amides is 1. The molecular weight excluding hydrogens is 276 g/mol. The molecule has 1 aliphatic heterocycles. The summed E-state index contributed by atoms with van der Waals surface area (Å²) in [7, 11) is 1.91. The van der Waals surface area contributed by atoms with Gasteiger partial charge in [0.05, 0.1) is 12.5 Å². The Balaban J connectivity index is 1.62. The van der Waals surface area contributed by atoms with Gasteiger partial charge in [0.15, 0.2) is 5.11 Å². The van der Waals surface area contributed by atoms with Crippen molar-refractivity contribution in [1.82, 2.24) is 20.7 Å². The molecule has 1 aliphatic rings. The van der Waals surface area contributed by atoms with E-state index in [1.54, 1.807) is 0 Å². The first-order valence-corrected chi connectivity index (χ1v) is 7.10. The quantitative estimate of drug-likeness (QED) is 0.549. The number of ether oxygens (including phenoxy) is 1. The number of carbonyl (C=O) groups is 1. The number of nitrogens with zero attached hydrogens (tertiary/aromatic N) is 1. The molecule has 1 amide bonds. The van der Waals surface area contributed by atoms with Crippen molar-refractivity contribution >= 4 is 23.2 Å². The lowest BCUT2D eigenvalue weighted by Gasteiger charge is -2.14. The molecule has 110 valence electrons. The summed E-state index contributed by atoms with van der Waals surface area (Å²) in [5.41, 5.74) is 6.22. The first-order valence-electron chi connectivity index (χ1n) is 6.69. The number of nitrogens with one attached hydrogen (secondary N) is 3. The fraction of sp³-hybridized carbons (Fsp3) is 0.538. The van der Waals surface area contributed by atoms with Crippen LogP contribution in [0.15, 0.2) is 18.3 Å². The topological polar surface area (TPSA) is 67.3 Å². The second-order valence-electron chi connectivity index (χ2n) is 4.81. The number of aromatic nitrogens is 1. The van der Waals surface area contributed by atoms with Crippen molar-refractivity contribution in [2.24, 2.45) is 7.05 Å². The molecular formula is C13H20N4O2S. The van der Waals surface area contributed by atoms with E-state index in [0.29, 0.717) is 18.1 Å². The average molecular weight is 296 g/mol. The average Bonchev–Trinajstić information content (AvgIpc) is 3.07. The minimum absolute atomic E-state index is 0.131. The van der Waals surface area contributed by atoms with E-state index < -0.39 is 0 Å². The van der Waals surface area contributed by atoms with E-state index in [1.807, 2.05) is 29.9 Å². The summed E-state index contributed by atoms with van der Waals surface area (Å²) in [4.78, 5) is 11.7. The van der Waals surface area contributed by atoms with E-state index in [1.165, 1.54) is 0 Å². The number of hydrogen-bond donors (Lipinski definition) is 3. The summed E-state index contributed by atoms with van der Waals surface area (Å²) >= 11 is 5.08. The van der Waals surface area contributed by atoms with Crippen LogP contribution in [0.2, 0.25) is 0 Å². The molecule has 1 saturated heterocycles. The molecule has 7 heteroatoms. The van der Waals surface area contributed by atoms with Crippen LogP contribution in [-0.4, -0.2) is 34.8 Å². The molecule has 0 bridgehead atoms. The van der Waals surface area contributed by atoms with Crippen LogP contribution in [0.3, 0.4) is 0 Å². The normalized spacial score (nSPS) is 17.8. The van der Waals surface area contributed by atoms with Crippen molar-refractivity contribution in [1.29, 1.82) is 0 Å². The van der Waals surface area contributed by atoms with Gasteiger partial charge in [-0.25, -0.2) is 0 Å². The third-order valence-corrected chi connectivity index (χ3v) is 3.47. The van der Waals surface area contributed by atoms with Crippen molar-refractivity contribution in [2.75, 3.05) is 13.2 Å². The van der Waals surface area contributed by atoms with E-state index in [4.69, 9.17) is 17.0 Å². The molecule has 0 saturated carbocycles. The van der Waals surface area contributed by atoms with Gasteiger partial charge in [-0.1, -0.05) is 0 Å². The maximum atomic E-state index is 11.7. The fourth-order valence-electron chi connectivity index (χ4n) is 2.07. The number of aryl methyl sites for hydroxylation is 1.